The van der Waals surface area contributed by atoms with Crippen molar-refractivity contribution in [1.82, 2.24) is 15.2 Å². The van der Waals surface area contributed by atoms with Crippen molar-refractivity contribution in [2.24, 2.45) is 0 Å². The third-order valence-electron chi connectivity index (χ3n) is 2.67. The summed E-state index contributed by atoms with van der Waals surface area (Å²) < 4.78 is 0. The summed E-state index contributed by atoms with van der Waals surface area (Å²) >= 11 is 7.52. The average Bonchev–Trinajstić information content (AvgIpc) is 3.09. The summed E-state index contributed by atoms with van der Waals surface area (Å²) in [5.74, 6) is 0.129. The minimum absolute atomic E-state index is 0.304. The van der Waals surface area contributed by atoms with Gasteiger partial charge >= 0.3 is 0 Å². The summed E-state index contributed by atoms with van der Waals surface area (Å²) in [5, 5.41) is 13.9. The molecule has 1 amide bonds. The van der Waals surface area contributed by atoms with Crippen LogP contribution in [0.4, 0.5) is 5.82 Å². The molecule has 0 radical (unpaired) electrons. The molecule has 0 bridgehead atoms. The van der Waals surface area contributed by atoms with E-state index < -0.39 is 0 Å². The number of aromatic amines is 1. The van der Waals surface area contributed by atoms with Gasteiger partial charge in [0.15, 0.2) is 5.82 Å². The number of carbonyl (C=O) groups excluding carboxylic acids is 1. The number of pyridine rings is 1. The van der Waals surface area contributed by atoms with E-state index in [1.807, 2.05) is 16.8 Å². The maximum atomic E-state index is 12.1. The fourth-order valence-corrected chi connectivity index (χ4v) is 2.56. The Kier molecular flexibility index (Phi) is 3.49. The molecule has 0 saturated carbocycles. The molecule has 0 spiro atoms. The van der Waals surface area contributed by atoms with Crippen molar-refractivity contribution in [3.05, 3.63) is 51.9 Å². The van der Waals surface area contributed by atoms with E-state index in [0.29, 0.717) is 16.4 Å². The van der Waals surface area contributed by atoms with Gasteiger partial charge in [-0.05, 0) is 17.5 Å². The quantitative estimate of drug-likeness (QED) is 0.778. The number of amides is 1. The lowest BCUT2D eigenvalue weighted by Gasteiger charge is -2.02. The molecule has 3 rings (SSSR count). The molecular formula is C13H9ClN4OS. The third kappa shape index (κ3) is 2.56. The number of nitrogens with one attached hydrogen (secondary N) is 2. The Balaban J connectivity index is 1.79. The molecule has 0 atom stereocenters. The van der Waals surface area contributed by atoms with E-state index in [4.69, 9.17) is 11.6 Å². The second kappa shape index (κ2) is 5.44. The SMILES string of the molecule is O=C(Nc1cc(-c2ccsc2)[nH]n1)c1ccncc1Cl. The predicted octanol–water partition coefficient (Wildman–Crippen LogP) is 3.44. The van der Waals surface area contributed by atoms with Crippen LogP contribution in [0.2, 0.25) is 5.02 Å². The van der Waals surface area contributed by atoms with E-state index >= 15 is 0 Å². The van der Waals surface area contributed by atoms with Gasteiger partial charge in [-0.15, -0.1) is 0 Å². The number of aromatic nitrogens is 3. The first-order valence-corrected chi connectivity index (χ1v) is 7.05. The van der Waals surface area contributed by atoms with Crippen LogP contribution in [0.15, 0.2) is 41.4 Å². The van der Waals surface area contributed by atoms with Crippen molar-refractivity contribution in [2.45, 2.75) is 0 Å². The molecule has 0 unspecified atom stereocenters. The molecule has 0 aliphatic rings. The highest BCUT2D eigenvalue weighted by Gasteiger charge is 2.12. The van der Waals surface area contributed by atoms with Gasteiger partial charge in [0.05, 0.1) is 16.3 Å². The van der Waals surface area contributed by atoms with Crippen molar-refractivity contribution >= 4 is 34.7 Å². The summed E-state index contributed by atoms with van der Waals surface area (Å²) in [6.07, 6.45) is 2.94. The number of thiophene rings is 1. The maximum Gasteiger partial charge on any atom is 0.258 e. The Hall–Kier alpha value is -2.18. The molecule has 0 aliphatic carbocycles. The minimum Gasteiger partial charge on any atom is -0.305 e. The van der Waals surface area contributed by atoms with Gasteiger partial charge in [-0.2, -0.15) is 16.4 Å². The summed E-state index contributed by atoms with van der Waals surface area (Å²) in [7, 11) is 0. The Morgan fingerprint density at radius 3 is 3.05 bits per heavy atom. The lowest BCUT2D eigenvalue weighted by atomic mass is 10.2. The topological polar surface area (TPSA) is 70.7 Å². The molecule has 0 aromatic carbocycles. The molecule has 7 heteroatoms. The zero-order chi connectivity index (χ0) is 13.9. The average molecular weight is 305 g/mol. The summed E-state index contributed by atoms with van der Waals surface area (Å²) in [6, 6.07) is 5.31. The molecule has 0 fully saturated rings. The van der Waals surface area contributed by atoms with Crippen LogP contribution in [-0.4, -0.2) is 21.1 Å². The van der Waals surface area contributed by atoms with Gasteiger partial charge in [-0.1, -0.05) is 11.6 Å². The molecule has 20 heavy (non-hydrogen) atoms. The lowest BCUT2D eigenvalue weighted by Crippen LogP contribution is -2.12. The van der Waals surface area contributed by atoms with Crippen LogP contribution >= 0.6 is 22.9 Å². The largest absolute Gasteiger partial charge is 0.305 e. The van der Waals surface area contributed by atoms with E-state index in [2.05, 4.69) is 20.5 Å². The Morgan fingerprint density at radius 2 is 2.30 bits per heavy atom. The van der Waals surface area contributed by atoms with Crippen molar-refractivity contribution in [3.8, 4) is 11.3 Å². The van der Waals surface area contributed by atoms with Gasteiger partial charge in [-0.3, -0.25) is 14.9 Å². The van der Waals surface area contributed by atoms with Crippen LogP contribution in [0.3, 0.4) is 0 Å². The summed E-state index contributed by atoms with van der Waals surface area (Å²) in [6.45, 7) is 0. The molecule has 100 valence electrons. The van der Waals surface area contributed by atoms with Crippen LogP contribution in [0, 0.1) is 0 Å². The highest BCUT2D eigenvalue weighted by atomic mass is 35.5. The first-order valence-electron chi connectivity index (χ1n) is 5.73. The zero-order valence-corrected chi connectivity index (χ0v) is 11.7. The molecule has 2 N–H and O–H groups in total. The number of halogens is 1. The van der Waals surface area contributed by atoms with Crippen LogP contribution in [0.5, 0.6) is 0 Å². The Labute approximate surface area is 123 Å². The van der Waals surface area contributed by atoms with E-state index in [1.54, 1.807) is 23.5 Å². The number of anilines is 1. The number of rotatable bonds is 3. The second-order valence-electron chi connectivity index (χ2n) is 3.99. The number of hydrogen-bond acceptors (Lipinski definition) is 4. The standard InChI is InChI=1S/C13H9ClN4OS/c14-10-6-15-3-1-9(10)13(19)16-12-5-11(17-18-12)8-2-4-20-7-8/h1-7H,(H2,16,17,18,19). The molecule has 3 aromatic rings. The summed E-state index contributed by atoms with van der Waals surface area (Å²) in [4.78, 5) is 15.9. The molecule has 3 heterocycles. The van der Waals surface area contributed by atoms with Crippen molar-refractivity contribution in [1.29, 1.82) is 0 Å². The Morgan fingerprint density at radius 1 is 1.40 bits per heavy atom. The van der Waals surface area contributed by atoms with Crippen LogP contribution in [0.25, 0.3) is 11.3 Å². The lowest BCUT2D eigenvalue weighted by molar-refractivity contribution is 0.102. The van der Waals surface area contributed by atoms with E-state index in [1.165, 1.54) is 12.4 Å². The number of carbonyl (C=O) groups is 1. The smallest absolute Gasteiger partial charge is 0.258 e. The van der Waals surface area contributed by atoms with Gasteiger partial charge in [0.1, 0.15) is 0 Å². The normalized spacial score (nSPS) is 10.4. The van der Waals surface area contributed by atoms with Crippen molar-refractivity contribution in [2.75, 3.05) is 5.32 Å². The van der Waals surface area contributed by atoms with Gasteiger partial charge < -0.3 is 5.32 Å². The Bertz CT molecular complexity index is 738. The molecule has 3 aromatic heterocycles. The molecular weight excluding hydrogens is 296 g/mol. The van der Waals surface area contributed by atoms with Crippen LogP contribution in [0.1, 0.15) is 10.4 Å². The first-order chi connectivity index (χ1) is 9.74. The highest BCUT2D eigenvalue weighted by molar-refractivity contribution is 7.08. The first kappa shape index (κ1) is 12.8. The maximum absolute atomic E-state index is 12.1. The molecule has 0 saturated heterocycles. The highest BCUT2D eigenvalue weighted by Crippen LogP contribution is 2.22. The number of H-pyrrole nitrogens is 1. The van der Waals surface area contributed by atoms with Gasteiger partial charge in [0, 0.05) is 29.4 Å². The second-order valence-corrected chi connectivity index (χ2v) is 5.18. The minimum atomic E-state index is -0.319. The van der Waals surface area contributed by atoms with Gasteiger partial charge in [0.25, 0.3) is 5.91 Å². The van der Waals surface area contributed by atoms with E-state index in [9.17, 15) is 4.79 Å². The zero-order valence-electron chi connectivity index (χ0n) is 10.1. The number of nitrogens with zero attached hydrogens (tertiary/aromatic N) is 2. The third-order valence-corrected chi connectivity index (χ3v) is 3.65. The van der Waals surface area contributed by atoms with Gasteiger partial charge in [-0.25, -0.2) is 0 Å². The predicted molar refractivity (Wildman–Crippen MR) is 79.1 cm³/mol. The van der Waals surface area contributed by atoms with Crippen LogP contribution < -0.4 is 5.32 Å². The molecule has 0 aliphatic heterocycles. The van der Waals surface area contributed by atoms with E-state index in [-0.39, 0.29) is 5.91 Å². The summed E-state index contributed by atoms with van der Waals surface area (Å²) in [5.41, 5.74) is 2.24. The molecule has 5 nitrogen and oxygen atoms in total. The van der Waals surface area contributed by atoms with Gasteiger partial charge in [0.2, 0.25) is 0 Å². The monoisotopic (exact) mass is 304 g/mol. The number of hydrogen-bond donors (Lipinski definition) is 2. The fourth-order valence-electron chi connectivity index (χ4n) is 1.69. The van der Waals surface area contributed by atoms with E-state index in [0.717, 1.165) is 11.3 Å². The van der Waals surface area contributed by atoms with Crippen LogP contribution in [-0.2, 0) is 0 Å². The van der Waals surface area contributed by atoms with Crippen molar-refractivity contribution in [3.63, 3.8) is 0 Å². The fraction of sp³-hybridized carbons (Fsp3) is 0. The van der Waals surface area contributed by atoms with Crippen molar-refractivity contribution < 1.29 is 4.79 Å².